The topological polar surface area (TPSA) is 88.5 Å². The van der Waals surface area contributed by atoms with Gasteiger partial charge in [0, 0.05) is 11.8 Å². The van der Waals surface area contributed by atoms with Gasteiger partial charge in [0.2, 0.25) is 0 Å². The number of carbonyl (C=O) groups is 1. The van der Waals surface area contributed by atoms with Crippen LogP contribution in [-0.2, 0) is 32.1 Å². The Balaban J connectivity index is 3.87. The van der Waals surface area contributed by atoms with Crippen LogP contribution in [0.15, 0.2) is 17.0 Å². The Hall–Kier alpha value is -0.760. The van der Waals surface area contributed by atoms with E-state index < -0.39 is 30.9 Å². The molecule has 0 aromatic heterocycles. The molecule has 0 radical (unpaired) electrons. The van der Waals surface area contributed by atoms with Crippen molar-refractivity contribution in [3.8, 4) is 0 Å². The van der Waals surface area contributed by atoms with E-state index in [0.717, 1.165) is 6.26 Å². The first-order valence-electron chi connectivity index (χ1n) is 6.11. The fourth-order valence-corrected chi connectivity index (χ4v) is 3.61. The van der Waals surface area contributed by atoms with Crippen molar-refractivity contribution in [2.75, 3.05) is 6.26 Å². The lowest BCUT2D eigenvalue weighted by atomic mass is 9.95. The van der Waals surface area contributed by atoms with Crippen molar-refractivity contribution in [3.05, 3.63) is 28.8 Å². The highest BCUT2D eigenvalue weighted by atomic mass is 35.5. The summed E-state index contributed by atoms with van der Waals surface area (Å²) in [4.78, 5) is 11.3. The number of hydrogen-bond acceptors (Lipinski definition) is 4. The molecule has 1 N–H and O–H groups in total. The smallest absolute Gasteiger partial charge is 0.252 e. The predicted molar refractivity (Wildman–Crippen MR) is 82.9 cm³/mol. The Bertz CT molecular complexity index is 708. The number of benzene rings is 1. The van der Waals surface area contributed by atoms with E-state index in [9.17, 15) is 22.0 Å². The molecule has 1 rings (SSSR count). The van der Waals surface area contributed by atoms with Gasteiger partial charge in [0.25, 0.3) is 5.24 Å². The molecule has 0 fully saturated rings. The summed E-state index contributed by atoms with van der Waals surface area (Å²) in [6, 6.07) is 2.66. The lowest BCUT2D eigenvalue weighted by Crippen LogP contribution is -2.26. The van der Waals surface area contributed by atoms with Gasteiger partial charge in [0.15, 0.2) is 20.9 Å². The summed E-state index contributed by atoms with van der Waals surface area (Å²) >= 11 is 3.21. The molecule has 118 valence electrons. The van der Waals surface area contributed by atoms with Gasteiger partial charge in [-0.15, -0.1) is 0 Å². The quantitative estimate of drug-likeness (QED) is 0.649. The molecule has 0 saturated heterocycles. The van der Waals surface area contributed by atoms with Crippen molar-refractivity contribution >= 4 is 37.8 Å². The summed E-state index contributed by atoms with van der Waals surface area (Å²) in [7, 11) is -3.69. The lowest BCUT2D eigenvalue weighted by Gasteiger charge is -2.25. The summed E-state index contributed by atoms with van der Waals surface area (Å²) < 4.78 is 43.6. The average Bonchev–Trinajstić information content (AvgIpc) is 2.35. The Labute approximate surface area is 131 Å². The molecule has 21 heavy (non-hydrogen) atoms. The highest BCUT2D eigenvalue weighted by Gasteiger charge is 2.34. The third-order valence-corrected chi connectivity index (χ3v) is 5.72. The Morgan fingerprint density at radius 2 is 1.90 bits per heavy atom. The van der Waals surface area contributed by atoms with Crippen molar-refractivity contribution in [3.63, 3.8) is 0 Å². The van der Waals surface area contributed by atoms with Crippen molar-refractivity contribution in [1.82, 2.24) is 0 Å². The van der Waals surface area contributed by atoms with E-state index in [1.807, 2.05) is 0 Å². The van der Waals surface area contributed by atoms with E-state index in [-0.39, 0.29) is 16.0 Å². The highest BCUT2D eigenvalue weighted by Crippen LogP contribution is 2.34. The first kappa shape index (κ1) is 18.3. The van der Waals surface area contributed by atoms with Crippen LogP contribution in [0.4, 0.5) is 0 Å². The second-order valence-electron chi connectivity index (χ2n) is 5.16. The first-order chi connectivity index (χ1) is 9.42. The van der Waals surface area contributed by atoms with Crippen molar-refractivity contribution < 1.29 is 22.0 Å². The Kier molecular flexibility index (Phi) is 5.36. The van der Waals surface area contributed by atoms with Crippen molar-refractivity contribution in [1.29, 1.82) is 0 Å². The SMILES string of the molecule is CCc1cc(C(C)(C)S(=O)O)c(S(C)(=O)=O)cc1C(=O)Cl. The van der Waals surface area contributed by atoms with E-state index in [4.69, 9.17) is 11.6 Å². The summed E-state index contributed by atoms with van der Waals surface area (Å²) in [6.07, 6.45) is 1.43. The lowest BCUT2D eigenvalue weighted by molar-refractivity contribution is 0.108. The van der Waals surface area contributed by atoms with Gasteiger partial charge >= 0.3 is 0 Å². The molecule has 0 aliphatic heterocycles. The molecule has 1 unspecified atom stereocenters. The van der Waals surface area contributed by atoms with E-state index in [2.05, 4.69) is 0 Å². The van der Waals surface area contributed by atoms with Crippen LogP contribution in [0.25, 0.3) is 0 Å². The number of sulfone groups is 1. The number of hydrogen-bond donors (Lipinski definition) is 1. The molecule has 0 spiro atoms. The molecule has 0 aliphatic rings. The Morgan fingerprint density at radius 3 is 2.24 bits per heavy atom. The van der Waals surface area contributed by atoms with Crippen LogP contribution in [-0.4, -0.2) is 28.7 Å². The van der Waals surface area contributed by atoms with E-state index in [0.29, 0.717) is 12.0 Å². The largest absolute Gasteiger partial charge is 0.305 e. The van der Waals surface area contributed by atoms with Gasteiger partial charge in [0.1, 0.15) is 0 Å². The standard InChI is InChI=1S/C13H17ClO5S2/c1-5-8-6-10(13(2,3)20(16)17)11(21(4,18)19)7-9(8)12(14)15/h6-7H,5H2,1-4H3,(H,16,17). The molecule has 1 atom stereocenters. The van der Waals surface area contributed by atoms with Gasteiger partial charge in [-0.1, -0.05) is 13.0 Å². The molecule has 0 amide bonds. The van der Waals surface area contributed by atoms with Crippen LogP contribution in [0, 0.1) is 0 Å². The molecule has 1 aromatic carbocycles. The molecule has 0 bridgehead atoms. The van der Waals surface area contributed by atoms with Crippen LogP contribution in [0.5, 0.6) is 0 Å². The summed E-state index contributed by atoms with van der Waals surface area (Å²) in [6.45, 7) is 4.72. The van der Waals surface area contributed by atoms with Crippen molar-refractivity contribution in [2.24, 2.45) is 0 Å². The minimum Gasteiger partial charge on any atom is -0.305 e. The number of aryl methyl sites for hydroxylation is 1. The molecule has 0 saturated carbocycles. The Morgan fingerprint density at radius 1 is 1.38 bits per heavy atom. The maximum atomic E-state index is 12.0. The monoisotopic (exact) mass is 352 g/mol. The van der Waals surface area contributed by atoms with Crippen LogP contribution in [0.2, 0.25) is 0 Å². The molecular formula is C13H17ClO5S2. The maximum absolute atomic E-state index is 12.0. The van der Waals surface area contributed by atoms with Gasteiger partial charge in [-0.25, -0.2) is 12.6 Å². The second kappa shape index (κ2) is 6.16. The van der Waals surface area contributed by atoms with Crippen LogP contribution >= 0.6 is 11.6 Å². The zero-order chi connectivity index (χ0) is 16.6. The fourth-order valence-electron chi connectivity index (χ4n) is 1.97. The summed E-state index contributed by atoms with van der Waals surface area (Å²) in [5.74, 6) is 0. The van der Waals surface area contributed by atoms with E-state index in [1.54, 1.807) is 6.92 Å². The molecule has 8 heteroatoms. The predicted octanol–water partition coefficient (Wildman–Crippen LogP) is 2.49. The average molecular weight is 353 g/mol. The molecule has 5 nitrogen and oxygen atoms in total. The zero-order valence-electron chi connectivity index (χ0n) is 12.1. The van der Waals surface area contributed by atoms with Crippen LogP contribution in [0.3, 0.4) is 0 Å². The third-order valence-electron chi connectivity index (χ3n) is 3.28. The molecule has 0 heterocycles. The van der Waals surface area contributed by atoms with Crippen LogP contribution in [0.1, 0.15) is 42.3 Å². The normalized spacial score (nSPS) is 14.0. The highest BCUT2D eigenvalue weighted by molar-refractivity contribution is 7.90. The number of carbonyl (C=O) groups excluding carboxylic acids is 1. The van der Waals surface area contributed by atoms with Gasteiger partial charge in [-0.3, -0.25) is 4.79 Å². The van der Waals surface area contributed by atoms with Gasteiger partial charge in [-0.05, 0) is 49.1 Å². The van der Waals surface area contributed by atoms with Gasteiger partial charge in [-0.2, -0.15) is 0 Å². The molecule has 1 aromatic rings. The molecular weight excluding hydrogens is 336 g/mol. The zero-order valence-corrected chi connectivity index (χ0v) is 14.5. The summed E-state index contributed by atoms with van der Waals surface area (Å²) in [5.41, 5.74) is 0.836. The third kappa shape index (κ3) is 3.71. The fraction of sp³-hybridized carbons (Fsp3) is 0.462. The van der Waals surface area contributed by atoms with E-state index >= 15 is 0 Å². The second-order valence-corrected chi connectivity index (χ2v) is 9.01. The summed E-state index contributed by atoms with van der Waals surface area (Å²) in [5, 5.41) is -0.758. The van der Waals surface area contributed by atoms with Gasteiger partial charge < -0.3 is 4.55 Å². The molecule has 0 aliphatic carbocycles. The minimum absolute atomic E-state index is 0.0999. The maximum Gasteiger partial charge on any atom is 0.252 e. The van der Waals surface area contributed by atoms with Crippen LogP contribution < -0.4 is 0 Å². The van der Waals surface area contributed by atoms with E-state index in [1.165, 1.54) is 26.0 Å². The minimum atomic E-state index is -3.69. The van der Waals surface area contributed by atoms with Gasteiger partial charge in [0.05, 0.1) is 9.64 Å². The van der Waals surface area contributed by atoms with Crippen molar-refractivity contribution in [2.45, 2.75) is 36.8 Å². The number of rotatable bonds is 5. The number of halogens is 1. The first-order valence-corrected chi connectivity index (χ1v) is 9.48.